The van der Waals surface area contributed by atoms with E-state index in [-0.39, 0.29) is 31.8 Å². The number of likely N-dealkylation sites (tertiary alicyclic amines) is 1. The zero-order valence-corrected chi connectivity index (χ0v) is 9.00. The summed E-state index contributed by atoms with van der Waals surface area (Å²) in [6, 6.07) is 0. The minimum Gasteiger partial charge on any atom is -0.481 e. The van der Waals surface area contributed by atoms with Crippen molar-refractivity contribution < 1.29 is 24.9 Å². The van der Waals surface area contributed by atoms with Crippen LogP contribution >= 0.6 is 0 Å². The summed E-state index contributed by atoms with van der Waals surface area (Å²) < 4.78 is 0. The number of amides is 1. The predicted molar refractivity (Wildman–Crippen MR) is 54.7 cm³/mol. The highest BCUT2D eigenvalue weighted by atomic mass is 16.4. The fourth-order valence-corrected chi connectivity index (χ4v) is 1.68. The first-order valence-corrected chi connectivity index (χ1v) is 5.36. The van der Waals surface area contributed by atoms with E-state index < -0.39 is 18.2 Å². The van der Waals surface area contributed by atoms with Gasteiger partial charge in [0.2, 0.25) is 5.91 Å². The van der Waals surface area contributed by atoms with Crippen molar-refractivity contribution in [2.75, 3.05) is 13.1 Å². The van der Waals surface area contributed by atoms with E-state index in [4.69, 9.17) is 5.11 Å². The molecule has 0 aromatic rings. The lowest BCUT2D eigenvalue weighted by molar-refractivity contribution is -0.137. The summed E-state index contributed by atoms with van der Waals surface area (Å²) in [5.74, 6) is -1.000. The molecule has 0 aromatic carbocycles. The van der Waals surface area contributed by atoms with Crippen molar-refractivity contribution in [2.45, 2.75) is 37.9 Å². The predicted octanol–water partition coefficient (Wildman–Crippen LogP) is -0.805. The molecule has 1 saturated heterocycles. The lowest BCUT2D eigenvalue weighted by Gasteiger charge is -2.14. The van der Waals surface area contributed by atoms with Gasteiger partial charge in [-0.05, 0) is 12.8 Å². The third kappa shape index (κ3) is 3.79. The first-order chi connectivity index (χ1) is 7.50. The average molecular weight is 231 g/mol. The van der Waals surface area contributed by atoms with Gasteiger partial charge in [-0.15, -0.1) is 0 Å². The first-order valence-electron chi connectivity index (χ1n) is 5.36. The molecule has 0 spiro atoms. The molecule has 0 bridgehead atoms. The SMILES string of the molecule is O=C(O)CCCCC(=O)N1CC(O)C(O)C1. The topological polar surface area (TPSA) is 98.1 Å². The van der Waals surface area contributed by atoms with E-state index in [0.29, 0.717) is 12.8 Å². The fourth-order valence-electron chi connectivity index (χ4n) is 1.68. The van der Waals surface area contributed by atoms with Crippen LogP contribution in [-0.2, 0) is 9.59 Å². The Hall–Kier alpha value is -1.14. The molecule has 92 valence electrons. The molecular weight excluding hydrogens is 214 g/mol. The number of aliphatic hydroxyl groups excluding tert-OH is 2. The summed E-state index contributed by atoms with van der Waals surface area (Å²) in [6.07, 6.45) is -0.384. The Morgan fingerprint density at radius 2 is 1.56 bits per heavy atom. The molecule has 2 unspecified atom stereocenters. The molecule has 1 aliphatic rings. The minimum atomic E-state index is -0.862. The molecule has 0 aliphatic carbocycles. The summed E-state index contributed by atoms with van der Waals surface area (Å²) in [6.45, 7) is 0.331. The van der Waals surface area contributed by atoms with E-state index in [1.54, 1.807) is 0 Å². The van der Waals surface area contributed by atoms with Gasteiger partial charge in [-0.25, -0.2) is 0 Å². The number of carbonyl (C=O) groups excluding carboxylic acids is 1. The molecular formula is C10H17NO5. The minimum absolute atomic E-state index is 0.0680. The van der Waals surface area contributed by atoms with Crippen LogP contribution in [0.5, 0.6) is 0 Å². The molecule has 0 radical (unpaired) electrons. The Morgan fingerprint density at radius 1 is 1.06 bits per heavy atom. The van der Waals surface area contributed by atoms with Crippen LogP contribution in [0.3, 0.4) is 0 Å². The third-order valence-electron chi connectivity index (χ3n) is 2.64. The van der Waals surface area contributed by atoms with E-state index in [9.17, 15) is 19.8 Å². The molecule has 6 nitrogen and oxygen atoms in total. The Kier molecular flexibility index (Phi) is 4.70. The fraction of sp³-hybridized carbons (Fsp3) is 0.800. The van der Waals surface area contributed by atoms with Gasteiger partial charge in [0, 0.05) is 25.9 Å². The Labute approximate surface area is 93.5 Å². The van der Waals surface area contributed by atoms with E-state index in [1.807, 2.05) is 0 Å². The normalized spacial score (nSPS) is 24.8. The Balaban J connectivity index is 2.18. The van der Waals surface area contributed by atoms with E-state index >= 15 is 0 Å². The number of nitrogens with zero attached hydrogens (tertiary/aromatic N) is 1. The van der Waals surface area contributed by atoms with Crippen LogP contribution in [0.4, 0.5) is 0 Å². The highest BCUT2D eigenvalue weighted by Gasteiger charge is 2.31. The maximum atomic E-state index is 11.5. The molecule has 6 heteroatoms. The van der Waals surface area contributed by atoms with Crippen LogP contribution in [0.1, 0.15) is 25.7 Å². The van der Waals surface area contributed by atoms with Gasteiger partial charge in [0.1, 0.15) is 0 Å². The van der Waals surface area contributed by atoms with Gasteiger partial charge in [-0.1, -0.05) is 0 Å². The third-order valence-corrected chi connectivity index (χ3v) is 2.64. The molecule has 1 heterocycles. The summed E-state index contributed by atoms with van der Waals surface area (Å²) in [4.78, 5) is 23.2. The highest BCUT2D eigenvalue weighted by molar-refractivity contribution is 5.76. The van der Waals surface area contributed by atoms with E-state index in [1.165, 1.54) is 4.90 Å². The number of aliphatic carboxylic acids is 1. The molecule has 16 heavy (non-hydrogen) atoms. The van der Waals surface area contributed by atoms with Crippen LogP contribution in [0.25, 0.3) is 0 Å². The number of β-amino-alcohol motifs (C(OH)–C–C–N with tert-alkyl or cyclic N) is 2. The number of hydrogen-bond donors (Lipinski definition) is 3. The second-order valence-corrected chi connectivity index (χ2v) is 4.03. The largest absolute Gasteiger partial charge is 0.481 e. The van der Waals surface area contributed by atoms with Crippen LogP contribution in [0, 0.1) is 0 Å². The van der Waals surface area contributed by atoms with Gasteiger partial charge < -0.3 is 20.2 Å². The molecule has 2 atom stereocenters. The van der Waals surface area contributed by atoms with Crippen LogP contribution in [0.2, 0.25) is 0 Å². The highest BCUT2D eigenvalue weighted by Crippen LogP contribution is 2.12. The smallest absolute Gasteiger partial charge is 0.303 e. The van der Waals surface area contributed by atoms with Crippen molar-refractivity contribution in [3.63, 3.8) is 0 Å². The molecule has 0 aromatic heterocycles. The van der Waals surface area contributed by atoms with Gasteiger partial charge >= 0.3 is 5.97 Å². The van der Waals surface area contributed by atoms with Crippen molar-refractivity contribution in [1.82, 2.24) is 4.90 Å². The lowest BCUT2D eigenvalue weighted by Crippen LogP contribution is -2.29. The van der Waals surface area contributed by atoms with Crippen molar-refractivity contribution >= 4 is 11.9 Å². The quantitative estimate of drug-likeness (QED) is 0.538. The maximum absolute atomic E-state index is 11.5. The molecule has 0 saturated carbocycles. The number of rotatable bonds is 5. The molecule has 1 rings (SSSR count). The monoisotopic (exact) mass is 231 g/mol. The number of unbranched alkanes of at least 4 members (excludes halogenated alkanes) is 1. The summed E-state index contributed by atoms with van der Waals surface area (Å²) in [5, 5.41) is 26.9. The Morgan fingerprint density at radius 3 is 2.06 bits per heavy atom. The van der Waals surface area contributed by atoms with E-state index in [2.05, 4.69) is 0 Å². The zero-order valence-electron chi connectivity index (χ0n) is 9.00. The molecule has 1 amide bonds. The number of aliphatic hydroxyl groups is 2. The van der Waals surface area contributed by atoms with Crippen molar-refractivity contribution in [1.29, 1.82) is 0 Å². The van der Waals surface area contributed by atoms with Crippen molar-refractivity contribution in [2.24, 2.45) is 0 Å². The second-order valence-electron chi connectivity index (χ2n) is 4.03. The van der Waals surface area contributed by atoms with Crippen LogP contribution in [0.15, 0.2) is 0 Å². The molecule has 1 fully saturated rings. The maximum Gasteiger partial charge on any atom is 0.303 e. The summed E-state index contributed by atoms with van der Waals surface area (Å²) >= 11 is 0. The average Bonchev–Trinajstić information content (AvgIpc) is 2.54. The summed E-state index contributed by atoms with van der Waals surface area (Å²) in [7, 11) is 0. The van der Waals surface area contributed by atoms with Crippen LogP contribution < -0.4 is 0 Å². The van der Waals surface area contributed by atoms with Gasteiger partial charge in [0.05, 0.1) is 12.2 Å². The number of hydrogen-bond acceptors (Lipinski definition) is 4. The standard InChI is InChI=1S/C10H17NO5/c12-7-5-11(6-8(7)13)9(14)3-1-2-4-10(15)16/h7-8,12-13H,1-6H2,(H,15,16). The van der Waals surface area contributed by atoms with Crippen LogP contribution in [-0.4, -0.2) is 57.4 Å². The summed E-state index contributed by atoms with van der Waals surface area (Å²) in [5.41, 5.74) is 0. The molecule has 3 N–H and O–H groups in total. The van der Waals surface area contributed by atoms with E-state index in [0.717, 1.165) is 0 Å². The van der Waals surface area contributed by atoms with Gasteiger partial charge in [0.25, 0.3) is 0 Å². The number of carboxylic acids is 1. The lowest BCUT2D eigenvalue weighted by atomic mass is 10.2. The number of carboxylic acid groups (broad SMARTS) is 1. The molecule has 1 aliphatic heterocycles. The van der Waals surface area contributed by atoms with Gasteiger partial charge in [0.15, 0.2) is 0 Å². The van der Waals surface area contributed by atoms with Gasteiger partial charge in [-0.2, -0.15) is 0 Å². The zero-order chi connectivity index (χ0) is 12.1. The second kappa shape index (κ2) is 5.81. The first kappa shape index (κ1) is 12.9. The Bertz CT molecular complexity index is 258. The van der Waals surface area contributed by atoms with Crippen molar-refractivity contribution in [3.05, 3.63) is 0 Å². The van der Waals surface area contributed by atoms with Gasteiger partial charge in [-0.3, -0.25) is 9.59 Å². The van der Waals surface area contributed by atoms with Crippen molar-refractivity contribution in [3.8, 4) is 0 Å². The number of carbonyl (C=O) groups is 2.